The number of amides is 1. The minimum Gasteiger partial charge on any atom is -0.439 e. The standard InChI is InChI=1S/C13H16N2O2/c1-12-8-7-9-5-3-4-6-10(9)13(12,2)15(14)11(16)17-12/h3-6H,7-8,14H2,1-2H3/t12-,13+/m0/s1. The van der Waals surface area contributed by atoms with Crippen LogP contribution in [0.4, 0.5) is 4.79 Å². The van der Waals surface area contributed by atoms with Crippen LogP contribution in [-0.4, -0.2) is 16.7 Å². The molecule has 2 aliphatic rings. The van der Waals surface area contributed by atoms with Gasteiger partial charge in [0.05, 0.1) is 0 Å². The number of carbonyl (C=O) groups is 1. The molecule has 0 bridgehead atoms. The van der Waals surface area contributed by atoms with Gasteiger partial charge in [0.15, 0.2) is 0 Å². The molecule has 0 aromatic heterocycles. The SMILES string of the molecule is C[C@@]12c3ccccc3CC[C@]1(C)OC(=O)N2N. The molecule has 4 nitrogen and oxygen atoms in total. The molecule has 0 radical (unpaired) electrons. The summed E-state index contributed by atoms with van der Waals surface area (Å²) in [6.45, 7) is 3.95. The zero-order chi connectivity index (χ0) is 12.3. The van der Waals surface area contributed by atoms with Crippen LogP contribution in [0.1, 0.15) is 31.4 Å². The van der Waals surface area contributed by atoms with E-state index in [0.29, 0.717) is 0 Å². The Balaban J connectivity index is 2.25. The molecule has 2 atom stereocenters. The van der Waals surface area contributed by atoms with Crippen LogP contribution in [0.3, 0.4) is 0 Å². The molecule has 4 heteroatoms. The summed E-state index contributed by atoms with van der Waals surface area (Å²) < 4.78 is 5.49. The summed E-state index contributed by atoms with van der Waals surface area (Å²) >= 11 is 0. The Bertz CT molecular complexity index is 502. The number of rotatable bonds is 0. The van der Waals surface area contributed by atoms with Gasteiger partial charge in [-0.1, -0.05) is 24.3 Å². The second-order valence-electron chi connectivity index (χ2n) is 5.20. The van der Waals surface area contributed by atoms with Crippen LogP contribution in [-0.2, 0) is 16.7 Å². The summed E-state index contributed by atoms with van der Waals surface area (Å²) in [5.74, 6) is 5.93. The predicted molar refractivity (Wildman–Crippen MR) is 63.0 cm³/mol. The summed E-state index contributed by atoms with van der Waals surface area (Å²) in [5, 5.41) is 1.24. The van der Waals surface area contributed by atoms with E-state index in [4.69, 9.17) is 10.6 Å². The van der Waals surface area contributed by atoms with E-state index in [1.54, 1.807) is 0 Å². The molecule has 90 valence electrons. The molecule has 1 aliphatic heterocycles. The highest BCUT2D eigenvalue weighted by Gasteiger charge is 2.62. The first-order valence-electron chi connectivity index (χ1n) is 5.85. The highest BCUT2D eigenvalue weighted by atomic mass is 16.6. The maximum absolute atomic E-state index is 11.7. The molecule has 2 N–H and O–H groups in total. The molecule has 0 unspecified atom stereocenters. The van der Waals surface area contributed by atoms with Gasteiger partial charge in [0.2, 0.25) is 0 Å². The van der Waals surface area contributed by atoms with Gasteiger partial charge in [0.25, 0.3) is 0 Å². The van der Waals surface area contributed by atoms with Crippen molar-refractivity contribution in [2.45, 2.75) is 37.8 Å². The van der Waals surface area contributed by atoms with Gasteiger partial charge in [0, 0.05) is 0 Å². The van der Waals surface area contributed by atoms with Crippen molar-refractivity contribution in [2.24, 2.45) is 5.84 Å². The normalized spacial score (nSPS) is 35.2. The Hall–Kier alpha value is -1.55. The van der Waals surface area contributed by atoms with Gasteiger partial charge in [-0.2, -0.15) is 0 Å². The third-order valence-electron chi connectivity index (χ3n) is 4.43. The first-order chi connectivity index (χ1) is 7.99. The molecule has 1 aromatic rings. The molecule has 0 spiro atoms. The lowest BCUT2D eigenvalue weighted by Gasteiger charge is -2.45. The van der Waals surface area contributed by atoms with E-state index in [0.717, 1.165) is 18.4 Å². The second-order valence-corrected chi connectivity index (χ2v) is 5.20. The third-order valence-corrected chi connectivity index (χ3v) is 4.43. The van der Waals surface area contributed by atoms with E-state index >= 15 is 0 Å². The van der Waals surface area contributed by atoms with E-state index in [-0.39, 0.29) is 0 Å². The summed E-state index contributed by atoms with van der Waals surface area (Å²) in [6, 6.07) is 8.13. The monoisotopic (exact) mass is 232 g/mol. The molecule has 1 amide bonds. The molecule has 1 fully saturated rings. The van der Waals surface area contributed by atoms with Gasteiger partial charge >= 0.3 is 6.09 Å². The molecular formula is C13H16N2O2. The predicted octanol–water partition coefficient (Wildman–Crippen LogP) is 1.93. The Kier molecular flexibility index (Phi) is 1.88. The summed E-state index contributed by atoms with van der Waals surface area (Å²) in [6.07, 6.45) is 1.29. The summed E-state index contributed by atoms with van der Waals surface area (Å²) in [5.41, 5.74) is 1.25. The number of ether oxygens (including phenoxy) is 1. The lowest BCUT2D eigenvalue weighted by Crippen LogP contribution is -2.57. The Morgan fingerprint density at radius 2 is 2.06 bits per heavy atom. The molecular weight excluding hydrogens is 216 g/mol. The molecule has 17 heavy (non-hydrogen) atoms. The highest BCUT2D eigenvalue weighted by molar-refractivity contribution is 5.73. The maximum Gasteiger partial charge on any atom is 0.425 e. The summed E-state index contributed by atoms with van der Waals surface area (Å²) in [4.78, 5) is 11.7. The van der Waals surface area contributed by atoms with Crippen molar-refractivity contribution in [1.29, 1.82) is 0 Å². The largest absolute Gasteiger partial charge is 0.439 e. The first-order valence-corrected chi connectivity index (χ1v) is 5.85. The quantitative estimate of drug-likeness (QED) is 0.549. The number of hydrogen-bond acceptors (Lipinski definition) is 3. The average Bonchev–Trinajstić information content (AvgIpc) is 2.50. The zero-order valence-corrected chi connectivity index (χ0v) is 10.1. The van der Waals surface area contributed by atoms with Crippen molar-refractivity contribution in [3.8, 4) is 0 Å². The fourth-order valence-electron chi connectivity index (χ4n) is 3.07. The summed E-state index contributed by atoms with van der Waals surface area (Å²) in [7, 11) is 0. The number of nitrogens with zero attached hydrogens (tertiary/aromatic N) is 1. The van der Waals surface area contributed by atoms with Crippen molar-refractivity contribution in [1.82, 2.24) is 5.01 Å². The van der Waals surface area contributed by atoms with E-state index in [2.05, 4.69) is 6.07 Å². The lowest BCUT2D eigenvalue weighted by molar-refractivity contribution is -0.00976. The van der Waals surface area contributed by atoms with Crippen molar-refractivity contribution in [2.75, 3.05) is 0 Å². The average molecular weight is 232 g/mol. The van der Waals surface area contributed by atoms with Crippen LogP contribution in [0.2, 0.25) is 0 Å². The van der Waals surface area contributed by atoms with E-state index in [1.807, 2.05) is 32.0 Å². The number of benzene rings is 1. The second kappa shape index (κ2) is 3.01. The molecule has 0 saturated carbocycles. The van der Waals surface area contributed by atoms with Crippen LogP contribution in [0.25, 0.3) is 0 Å². The van der Waals surface area contributed by atoms with Crippen molar-refractivity contribution in [3.63, 3.8) is 0 Å². The zero-order valence-electron chi connectivity index (χ0n) is 10.1. The fourth-order valence-corrected chi connectivity index (χ4v) is 3.07. The highest BCUT2D eigenvalue weighted by Crippen LogP contribution is 2.51. The number of nitrogens with two attached hydrogens (primary N) is 1. The topological polar surface area (TPSA) is 55.6 Å². The number of fused-ring (bicyclic) bond motifs is 3. The number of hydrazine groups is 1. The van der Waals surface area contributed by atoms with E-state index in [9.17, 15) is 4.79 Å². The van der Waals surface area contributed by atoms with Crippen molar-refractivity contribution < 1.29 is 9.53 Å². The van der Waals surface area contributed by atoms with Gasteiger partial charge in [0.1, 0.15) is 11.1 Å². The van der Waals surface area contributed by atoms with Crippen LogP contribution in [0.15, 0.2) is 24.3 Å². The Morgan fingerprint density at radius 1 is 1.35 bits per heavy atom. The van der Waals surface area contributed by atoms with E-state index in [1.165, 1.54) is 10.6 Å². The Labute approximate surface area is 100 Å². The molecule has 3 rings (SSSR count). The van der Waals surface area contributed by atoms with Crippen molar-refractivity contribution >= 4 is 6.09 Å². The minimum absolute atomic E-state index is 0.438. The van der Waals surface area contributed by atoms with Crippen LogP contribution < -0.4 is 5.84 Å². The lowest BCUT2D eigenvalue weighted by atomic mass is 9.68. The molecule has 1 heterocycles. The van der Waals surface area contributed by atoms with Gasteiger partial charge in [-0.25, -0.2) is 15.6 Å². The van der Waals surface area contributed by atoms with E-state index < -0.39 is 17.2 Å². The van der Waals surface area contributed by atoms with Gasteiger partial charge in [-0.3, -0.25) is 0 Å². The van der Waals surface area contributed by atoms with Crippen LogP contribution in [0.5, 0.6) is 0 Å². The minimum atomic E-state index is -0.571. The van der Waals surface area contributed by atoms with Gasteiger partial charge in [-0.05, 0) is 37.8 Å². The van der Waals surface area contributed by atoms with Gasteiger partial charge < -0.3 is 4.74 Å². The Morgan fingerprint density at radius 3 is 2.82 bits per heavy atom. The van der Waals surface area contributed by atoms with Crippen molar-refractivity contribution in [3.05, 3.63) is 35.4 Å². The third kappa shape index (κ3) is 1.08. The maximum atomic E-state index is 11.7. The number of carbonyl (C=O) groups excluding carboxylic acids is 1. The molecule has 1 saturated heterocycles. The van der Waals surface area contributed by atoms with Crippen LogP contribution >= 0.6 is 0 Å². The smallest absolute Gasteiger partial charge is 0.425 e. The molecule has 1 aromatic carbocycles. The number of aryl methyl sites for hydroxylation is 1. The molecule has 1 aliphatic carbocycles. The number of hydrogen-bond donors (Lipinski definition) is 1. The first kappa shape index (κ1) is 10.6. The fraction of sp³-hybridized carbons (Fsp3) is 0.462. The van der Waals surface area contributed by atoms with Gasteiger partial charge in [-0.15, -0.1) is 0 Å². The van der Waals surface area contributed by atoms with Crippen LogP contribution in [0, 0.1) is 0 Å².